The summed E-state index contributed by atoms with van der Waals surface area (Å²) >= 11 is 0. The van der Waals surface area contributed by atoms with Crippen LogP contribution in [0.3, 0.4) is 0 Å². The van der Waals surface area contributed by atoms with Crippen LogP contribution in [0.15, 0.2) is 29.2 Å². The highest BCUT2D eigenvalue weighted by Crippen LogP contribution is 2.11. The molecule has 0 unspecified atom stereocenters. The maximum absolute atomic E-state index is 12.0. The minimum Gasteiger partial charge on any atom is -0.356 e. The van der Waals surface area contributed by atoms with Crippen molar-refractivity contribution in [1.82, 2.24) is 10.6 Å². The van der Waals surface area contributed by atoms with Crippen molar-refractivity contribution in [3.05, 3.63) is 29.8 Å². The molecule has 21 heavy (non-hydrogen) atoms. The average molecular weight is 309 g/mol. The van der Waals surface area contributed by atoms with E-state index in [4.69, 9.17) is 5.26 Å². The normalized spacial score (nSPS) is 10.9. The number of carbonyl (C=O) groups is 1. The number of sulfone groups is 1. The van der Waals surface area contributed by atoms with E-state index >= 15 is 0 Å². The van der Waals surface area contributed by atoms with E-state index in [1.54, 1.807) is 0 Å². The van der Waals surface area contributed by atoms with Gasteiger partial charge in [-0.05, 0) is 31.2 Å². The first-order chi connectivity index (χ1) is 9.99. The first-order valence-electron chi connectivity index (χ1n) is 6.70. The van der Waals surface area contributed by atoms with Gasteiger partial charge in [-0.15, -0.1) is 0 Å². The first kappa shape index (κ1) is 17.1. The minimum atomic E-state index is -3.37. The molecule has 1 aromatic carbocycles. The first-order valence-corrected chi connectivity index (χ1v) is 8.35. The second-order valence-electron chi connectivity index (χ2n) is 4.41. The molecule has 0 aliphatic rings. The monoisotopic (exact) mass is 309 g/mol. The van der Waals surface area contributed by atoms with E-state index in [2.05, 4.69) is 10.6 Å². The summed E-state index contributed by atoms with van der Waals surface area (Å²) in [5.41, 5.74) is 0.425. The van der Waals surface area contributed by atoms with E-state index in [-0.39, 0.29) is 23.1 Å². The van der Waals surface area contributed by atoms with Gasteiger partial charge < -0.3 is 10.6 Å². The van der Waals surface area contributed by atoms with Gasteiger partial charge in [0, 0.05) is 26.1 Å². The molecule has 0 aromatic heterocycles. The Labute approximate surface area is 125 Å². The fourth-order valence-electron chi connectivity index (χ4n) is 1.67. The van der Waals surface area contributed by atoms with Gasteiger partial charge in [0.2, 0.25) is 5.91 Å². The smallest absolute Gasteiger partial charge is 0.221 e. The van der Waals surface area contributed by atoms with Crippen LogP contribution in [0.1, 0.15) is 18.9 Å². The van der Waals surface area contributed by atoms with Crippen molar-refractivity contribution in [2.24, 2.45) is 0 Å². The van der Waals surface area contributed by atoms with Gasteiger partial charge in [-0.1, -0.05) is 0 Å². The van der Waals surface area contributed by atoms with Crippen molar-refractivity contribution < 1.29 is 13.2 Å². The molecule has 0 aliphatic carbocycles. The molecule has 114 valence electrons. The van der Waals surface area contributed by atoms with Crippen molar-refractivity contribution in [3.8, 4) is 6.07 Å². The molecule has 0 heterocycles. The predicted octanol–water partition coefficient (Wildman–Crippen LogP) is 0.448. The lowest BCUT2D eigenvalue weighted by molar-refractivity contribution is -0.120. The fourth-order valence-corrected chi connectivity index (χ4v) is 2.87. The Bertz CT molecular complexity index is 603. The average Bonchev–Trinajstić information content (AvgIpc) is 2.47. The Hall–Kier alpha value is -1.91. The van der Waals surface area contributed by atoms with Gasteiger partial charge in [-0.2, -0.15) is 5.26 Å². The van der Waals surface area contributed by atoms with Crippen molar-refractivity contribution in [2.45, 2.75) is 18.2 Å². The molecule has 6 nitrogen and oxygen atoms in total. The van der Waals surface area contributed by atoms with Crippen molar-refractivity contribution in [1.29, 1.82) is 5.26 Å². The third-order valence-electron chi connectivity index (χ3n) is 2.79. The summed E-state index contributed by atoms with van der Waals surface area (Å²) in [7, 11) is -3.37. The molecule has 7 heteroatoms. The van der Waals surface area contributed by atoms with Gasteiger partial charge in [-0.3, -0.25) is 4.79 Å². The van der Waals surface area contributed by atoms with Crippen LogP contribution >= 0.6 is 0 Å². The predicted molar refractivity (Wildman–Crippen MR) is 79.4 cm³/mol. The van der Waals surface area contributed by atoms with E-state index in [0.717, 1.165) is 0 Å². The zero-order valence-electron chi connectivity index (χ0n) is 11.9. The molecule has 0 radical (unpaired) electrons. The minimum absolute atomic E-state index is 0.0473. The molecule has 0 atom stereocenters. The summed E-state index contributed by atoms with van der Waals surface area (Å²) in [6, 6.07) is 7.77. The molecule has 0 saturated heterocycles. The molecule has 0 fully saturated rings. The number of nitrogens with one attached hydrogen (secondary N) is 2. The number of hydrogen-bond donors (Lipinski definition) is 2. The molecule has 0 saturated carbocycles. The second-order valence-corrected chi connectivity index (χ2v) is 6.52. The maximum atomic E-state index is 12.0. The SMILES string of the molecule is CCNC(=O)CCNCCS(=O)(=O)c1ccc(C#N)cc1. The molecule has 1 aromatic rings. The summed E-state index contributed by atoms with van der Waals surface area (Å²) in [6.07, 6.45) is 0.324. The van der Waals surface area contributed by atoms with Gasteiger partial charge in [0.05, 0.1) is 22.3 Å². The zero-order valence-corrected chi connectivity index (χ0v) is 12.7. The molecule has 0 spiro atoms. The summed E-state index contributed by atoms with van der Waals surface area (Å²) in [4.78, 5) is 11.4. The Kier molecular flexibility index (Phi) is 6.85. The largest absolute Gasteiger partial charge is 0.356 e. The van der Waals surface area contributed by atoms with Gasteiger partial charge in [0.25, 0.3) is 0 Å². The third kappa shape index (κ3) is 5.94. The van der Waals surface area contributed by atoms with Crippen LogP contribution < -0.4 is 10.6 Å². The fraction of sp³-hybridized carbons (Fsp3) is 0.429. The van der Waals surface area contributed by atoms with Crippen molar-refractivity contribution in [2.75, 3.05) is 25.4 Å². The van der Waals surface area contributed by atoms with Crippen LogP contribution in [0.2, 0.25) is 0 Å². The number of carbonyl (C=O) groups excluding carboxylic acids is 1. The van der Waals surface area contributed by atoms with Gasteiger partial charge >= 0.3 is 0 Å². The maximum Gasteiger partial charge on any atom is 0.221 e. The van der Waals surface area contributed by atoms with Gasteiger partial charge in [-0.25, -0.2) is 8.42 Å². The van der Waals surface area contributed by atoms with E-state index in [9.17, 15) is 13.2 Å². The summed E-state index contributed by atoms with van der Waals surface area (Å²) in [5.74, 6) is -0.103. The third-order valence-corrected chi connectivity index (χ3v) is 4.52. The molecule has 1 rings (SSSR count). The summed E-state index contributed by atoms with van der Waals surface area (Å²) < 4.78 is 24.1. The lowest BCUT2D eigenvalue weighted by Crippen LogP contribution is -2.29. The quantitative estimate of drug-likeness (QED) is 0.679. The van der Waals surface area contributed by atoms with Crippen LogP contribution in [0.5, 0.6) is 0 Å². The van der Waals surface area contributed by atoms with Crippen molar-refractivity contribution in [3.63, 3.8) is 0 Å². The Morgan fingerprint density at radius 1 is 1.24 bits per heavy atom. The van der Waals surface area contributed by atoms with Gasteiger partial charge in [0.15, 0.2) is 9.84 Å². The Morgan fingerprint density at radius 2 is 1.90 bits per heavy atom. The van der Waals surface area contributed by atoms with Crippen molar-refractivity contribution >= 4 is 15.7 Å². The molecular formula is C14H19N3O3S. The molecule has 1 amide bonds. The number of nitriles is 1. The lowest BCUT2D eigenvalue weighted by Gasteiger charge is -2.06. The molecular weight excluding hydrogens is 290 g/mol. The number of nitrogens with zero attached hydrogens (tertiary/aromatic N) is 1. The van der Waals surface area contributed by atoms with E-state index in [0.29, 0.717) is 25.1 Å². The van der Waals surface area contributed by atoms with Crippen LogP contribution in [0, 0.1) is 11.3 Å². The van der Waals surface area contributed by atoms with Crippen LogP contribution in [0.4, 0.5) is 0 Å². The number of hydrogen-bond acceptors (Lipinski definition) is 5. The number of benzene rings is 1. The van der Waals surface area contributed by atoms with Gasteiger partial charge in [0.1, 0.15) is 0 Å². The summed E-state index contributed by atoms with van der Waals surface area (Å²) in [6.45, 7) is 3.15. The standard InChI is InChI=1S/C14H19N3O3S/c1-2-17-14(18)7-8-16-9-10-21(19,20)13-5-3-12(11-15)4-6-13/h3-6,16H,2,7-10H2,1H3,(H,17,18). The highest BCUT2D eigenvalue weighted by Gasteiger charge is 2.13. The topological polar surface area (TPSA) is 99.1 Å². The molecule has 0 bridgehead atoms. The van der Waals surface area contributed by atoms with Crippen LogP contribution in [-0.4, -0.2) is 39.7 Å². The number of amides is 1. The van der Waals surface area contributed by atoms with Crippen LogP contribution in [0.25, 0.3) is 0 Å². The lowest BCUT2D eigenvalue weighted by atomic mass is 10.2. The highest BCUT2D eigenvalue weighted by atomic mass is 32.2. The zero-order chi connectivity index (χ0) is 15.7. The van der Waals surface area contributed by atoms with E-state index < -0.39 is 9.84 Å². The Morgan fingerprint density at radius 3 is 2.48 bits per heavy atom. The summed E-state index contributed by atoms with van der Waals surface area (Å²) in [5, 5.41) is 14.3. The second kappa shape index (κ2) is 8.39. The highest BCUT2D eigenvalue weighted by molar-refractivity contribution is 7.91. The molecule has 0 aliphatic heterocycles. The Balaban J connectivity index is 2.39. The molecule has 2 N–H and O–H groups in total. The van der Waals surface area contributed by atoms with E-state index in [1.807, 2.05) is 13.0 Å². The van der Waals surface area contributed by atoms with E-state index in [1.165, 1.54) is 24.3 Å². The number of rotatable bonds is 8. The van der Waals surface area contributed by atoms with Crippen LogP contribution in [-0.2, 0) is 14.6 Å².